The maximum Gasteiger partial charge on any atom is 0.416 e. The van der Waals surface area contributed by atoms with Crippen molar-refractivity contribution in [2.45, 2.75) is 20.0 Å². The number of rotatable bonds is 3. The number of anilines is 1. The number of hydrogen-bond acceptors (Lipinski definition) is 2. The van der Waals surface area contributed by atoms with Crippen LogP contribution < -0.4 is 4.90 Å². The Bertz CT molecular complexity index is 520. The number of aromatic carboxylic acids is 1. The van der Waals surface area contributed by atoms with Crippen LogP contribution in [0, 0.1) is 11.8 Å². The third kappa shape index (κ3) is 2.73. The fraction of sp³-hybridized carbons (Fsp3) is 0.500. The van der Waals surface area contributed by atoms with Crippen molar-refractivity contribution in [2.24, 2.45) is 11.8 Å². The maximum absolute atomic E-state index is 12.7. The van der Waals surface area contributed by atoms with E-state index in [0.29, 0.717) is 24.9 Å². The van der Waals surface area contributed by atoms with Crippen molar-refractivity contribution < 1.29 is 23.1 Å². The zero-order valence-electron chi connectivity index (χ0n) is 11.2. The summed E-state index contributed by atoms with van der Waals surface area (Å²) >= 11 is 0. The molecule has 2 rings (SSSR count). The Morgan fingerprint density at radius 2 is 1.95 bits per heavy atom. The number of alkyl halides is 3. The van der Waals surface area contributed by atoms with Gasteiger partial charge < -0.3 is 10.0 Å². The topological polar surface area (TPSA) is 40.5 Å². The molecule has 1 saturated heterocycles. The van der Waals surface area contributed by atoms with Crippen LogP contribution in [-0.2, 0) is 6.18 Å². The summed E-state index contributed by atoms with van der Waals surface area (Å²) < 4.78 is 38.2. The first-order valence-electron chi connectivity index (χ1n) is 6.39. The molecule has 0 amide bonds. The Balaban J connectivity index is 2.32. The lowest BCUT2D eigenvalue weighted by atomic mass is 9.87. The molecular weight excluding hydrogens is 271 g/mol. The van der Waals surface area contributed by atoms with Crippen LogP contribution in [0.2, 0.25) is 0 Å². The number of carboxylic acid groups (broad SMARTS) is 1. The average Bonchev–Trinajstić information content (AvgIpc) is 2.24. The largest absolute Gasteiger partial charge is 0.478 e. The molecule has 20 heavy (non-hydrogen) atoms. The molecule has 0 atom stereocenters. The average molecular weight is 287 g/mol. The number of benzene rings is 1. The molecule has 1 aromatic carbocycles. The zero-order chi connectivity index (χ0) is 15.1. The maximum atomic E-state index is 12.7. The van der Waals surface area contributed by atoms with Gasteiger partial charge in [-0.1, -0.05) is 13.8 Å². The van der Waals surface area contributed by atoms with Gasteiger partial charge in [0.2, 0.25) is 0 Å². The number of nitrogens with zero attached hydrogens (tertiary/aromatic N) is 1. The van der Waals surface area contributed by atoms with E-state index in [4.69, 9.17) is 5.11 Å². The second-order valence-corrected chi connectivity index (χ2v) is 5.44. The van der Waals surface area contributed by atoms with Gasteiger partial charge in [0.1, 0.15) is 0 Å². The van der Waals surface area contributed by atoms with E-state index in [1.807, 2.05) is 13.8 Å². The van der Waals surface area contributed by atoms with Crippen molar-refractivity contribution in [3.05, 3.63) is 29.3 Å². The van der Waals surface area contributed by atoms with Gasteiger partial charge in [0.15, 0.2) is 0 Å². The van der Waals surface area contributed by atoms with Crippen molar-refractivity contribution in [2.75, 3.05) is 18.0 Å². The highest BCUT2D eigenvalue weighted by atomic mass is 19.4. The van der Waals surface area contributed by atoms with Crippen LogP contribution in [0.25, 0.3) is 0 Å². The smallest absolute Gasteiger partial charge is 0.416 e. The first-order valence-corrected chi connectivity index (χ1v) is 6.39. The molecule has 1 aliphatic rings. The molecule has 0 aliphatic carbocycles. The Morgan fingerprint density at radius 1 is 1.35 bits per heavy atom. The van der Waals surface area contributed by atoms with Gasteiger partial charge in [-0.15, -0.1) is 0 Å². The van der Waals surface area contributed by atoms with Gasteiger partial charge in [-0.3, -0.25) is 0 Å². The van der Waals surface area contributed by atoms with E-state index in [1.54, 1.807) is 4.90 Å². The van der Waals surface area contributed by atoms with Crippen molar-refractivity contribution >= 4 is 11.7 Å². The summed E-state index contributed by atoms with van der Waals surface area (Å²) in [5.41, 5.74) is -0.741. The lowest BCUT2D eigenvalue weighted by Gasteiger charge is -2.44. The van der Waals surface area contributed by atoms with Gasteiger partial charge >= 0.3 is 12.1 Å². The lowest BCUT2D eigenvalue weighted by molar-refractivity contribution is -0.137. The Hall–Kier alpha value is -1.72. The van der Waals surface area contributed by atoms with E-state index in [0.717, 1.165) is 18.2 Å². The summed E-state index contributed by atoms with van der Waals surface area (Å²) in [6.45, 7) is 5.29. The van der Waals surface area contributed by atoms with Crippen molar-refractivity contribution in [3.63, 3.8) is 0 Å². The molecule has 1 aromatic rings. The number of halogens is 3. The first kappa shape index (κ1) is 14.7. The first-order chi connectivity index (χ1) is 9.20. The van der Waals surface area contributed by atoms with Crippen LogP contribution in [0.3, 0.4) is 0 Å². The number of carboxylic acids is 1. The summed E-state index contributed by atoms with van der Waals surface area (Å²) in [5, 5.41) is 9.10. The fourth-order valence-corrected chi connectivity index (χ4v) is 2.28. The molecule has 1 aliphatic heterocycles. The van der Waals surface area contributed by atoms with E-state index < -0.39 is 17.7 Å². The van der Waals surface area contributed by atoms with Gasteiger partial charge in [-0.2, -0.15) is 13.2 Å². The van der Waals surface area contributed by atoms with E-state index in [9.17, 15) is 18.0 Å². The Kier molecular flexibility index (Phi) is 3.67. The number of hydrogen-bond donors (Lipinski definition) is 1. The highest BCUT2D eigenvalue weighted by Crippen LogP contribution is 2.36. The van der Waals surface area contributed by atoms with Gasteiger partial charge in [0.25, 0.3) is 0 Å². The van der Waals surface area contributed by atoms with Gasteiger partial charge in [0, 0.05) is 13.1 Å². The molecule has 0 unspecified atom stereocenters. The minimum absolute atomic E-state index is 0.0831. The van der Waals surface area contributed by atoms with E-state index in [-0.39, 0.29) is 11.3 Å². The third-order valence-electron chi connectivity index (χ3n) is 3.75. The molecular formula is C14H16F3NO2. The van der Waals surface area contributed by atoms with Gasteiger partial charge in [-0.25, -0.2) is 4.79 Å². The molecule has 6 heteroatoms. The minimum Gasteiger partial charge on any atom is -0.478 e. The van der Waals surface area contributed by atoms with Crippen LogP contribution in [0.1, 0.15) is 29.8 Å². The molecule has 3 nitrogen and oxygen atoms in total. The molecule has 1 fully saturated rings. The quantitative estimate of drug-likeness (QED) is 0.925. The Morgan fingerprint density at radius 3 is 2.40 bits per heavy atom. The minimum atomic E-state index is -4.46. The SMILES string of the molecule is CC(C)C1CN(c2cc(C(F)(F)F)ccc2C(=O)O)C1. The molecule has 0 aromatic heterocycles. The number of carbonyl (C=O) groups is 1. The normalized spacial score (nSPS) is 16.4. The second-order valence-electron chi connectivity index (χ2n) is 5.44. The molecule has 1 heterocycles. The fourth-order valence-electron chi connectivity index (χ4n) is 2.28. The predicted molar refractivity (Wildman–Crippen MR) is 68.9 cm³/mol. The van der Waals surface area contributed by atoms with Gasteiger partial charge in [0.05, 0.1) is 16.8 Å². The predicted octanol–water partition coefficient (Wildman–Crippen LogP) is 3.50. The van der Waals surface area contributed by atoms with Crippen molar-refractivity contribution in [1.29, 1.82) is 0 Å². The summed E-state index contributed by atoms with van der Waals surface area (Å²) in [6, 6.07) is 2.77. The highest BCUT2D eigenvalue weighted by molar-refractivity contribution is 5.94. The summed E-state index contributed by atoms with van der Waals surface area (Å²) in [6.07, 6.45) is -4.46. The standard InChI is InChI=1S/C14H16F3NO2/c1-8(2)9-6-18(7-9)12-5-10(14(15,16)17)3-4-11(12)13(19)20/h3-5,8-9H,6-7H2,1-2H3,(H,19,20). The summed E-state index contributed by atoms with van der Waals surface area (Å²) in [5.74, 6) is -0.377. The molecule has 0 saturated carbocycles. The van der Waals surface area contributed by atoms with Crippen LogP contribution in [0.5, 0.6) is 0 Å². The van der Waals surface area contributed by atoms with E-state index in [1.165, 1.54) is 0 Å². The summed E-state index contributed by atoms with van der Waals surface area (Å²) in [4.78, 5) is 12.8. The molecule has 0 spiro atoms. The summed E-state index contributed by atoms with van der Waals surface area (Å²) in [7, 11) is 0. The zero-order valence-corrected chi connectivity index (χ0v) is 11.2. The lowest BCUT2D eigenvalue weighted by Crippen LogP contribution is -2.49. The third-order valence-corrected chi connectivity index (χ3v) is 3.75. The molecule has 110 valence electrons. The van der Waals surface area contributed by atoms with Crippen molar-refractivity contribution in [3.8, 4) is 0 Å². The highest BCUT2D eigenvalue weighted by Gasteiger charge is 2.35. The van der Waals surface area contributed by atoms with Crippen LogP contribution in [-0.4, -0.2) is 24.2 Å². The second kappa shape index (κ2) is 5.00. The molecule has 0 radical (unpaired) electrons. The van der Waals surface area contributed by atoms with E-state index in [2.05, 4.69) is 0 Å². The monoisotopic (exact) mass is 287 g/mol. The van der Waals surface area contributed by atoms with Crippen molar-refractivity contribution in [1.82, 2.24) is 0 Å². The molecule has 1 N–H and O–H groups in total. The Labute approximate surface area is 115 Å². The molecule has 0 bridgehead atoms. The van der Waals surface area contributed by atoms with Gasteiger partial charge in [-0.05, 0) is 30.0 Å². The van der Waals surface area contributed by atoms with Crippen LogP contribution >= 0.6 is 0 Å². The van der Waals surface area contributed by atoms with Crippen LogP contribution in [0.4, 0.5) is 18.9 Å². The van der Waals surface area contributed by atoms with E-state index >= 15 is 0 Å². The van der Waals surface area contributed by atoms with Crippen LogP contribution in [0.15, 0.2) is 18.2 Å².